The summed E-state index contributed by atoms with van der Waals surface area (Å²) in [5.41, 5.74) is 0. The summed E-state index contributed by atoms with van der Waals surface area (Å²) < 4.78 is 10.6. The first-order chi connectivity index (χ1) is 8.54. The number of morpholine rings is 1. The number of aryl methyl sites for hydroxylation is 1. The highest BCUT2D eigenvalue weighted by molar-refractivity contribution is 5.82. The third-order valence-corrected chi connectivity index (χ3v) is 2.97. The molecule has 0 spiro atoms. The van der Waals surface area contributed by atoms with Gasteiger partial charge in [-0.1, -0.05) is 0 Å². The predicted octanol–water partition coefficient (Wildman–Crippen LogP) is 0.961. The highest BCUT2D eigenvalue weighted by atomic mass is 16.5. The summed E-state index contributed by atoms with van der Waals surface area (Å²) in [6, 6.07) is 2.71. The number of carboxylic acid groups (broad SMARTS) is 1. The summed E-state index contributed by atoms with van der Waals surface area (Å²) in [6.45, 7) is 3.77. The van der Waals surface area contributed by atoms with Gasteiger partial charge >= 0.3 is 5.97 Å². The van der Waals surface area contributed by atoms with Gasteiger partial charge in [-0.05, 0) is 26.0 Å². The van der Waals surface area contributed by atoms with Crippen LogP contribution in [0.3, 0.4) is 0 Å². The Morgan fingerprint density at radius 2 is 2.28 bits per heavy atom. The second-order valence-corrected chi connectivity index (χ2v) is 4.14. The quantitative estimate of drug-likeness (QED) is 0.867. The highest BCUT2D eigenvalue weighted by Crippen LogP contribution is 2.31. The van der Waals surface area contributed by atoms with Gasteiger partial charge in [0.2, 0.25) is 5.91 Å². The van der Waals surface area contributed by atoms with E-state index in [2.05, 4.69) is 0 Å². The highest BCUT2D eigenvalue weighted by Gasteiger charge is 2.42. The minimum absolute atomic E-state index is 0.207. The lowest BCUT2D eigenvalue weighted by Gasteiger charge is -2.37. The van der Waals surface area contributed by atoms with Crippen molar-refractivity contribution in [2.45, 2.75) is 26.0 Å². The summed E-state index contributed by atoms with van der Waals surface area (Å²) in [5.74, 6) is -0.216. The first kappa shape index (κ1) is 12.6. The number of aliphatic carboxylic acids is 1. The number of furan rings is 1. The maximum atomic E-state index is 11.8. The molecule has 1 amide bonds. The number of carbonyl (C=O) groups excluding carboxylic acids is 1. The molecule has 2 unspecified atom stereocenters. The molecule has 1 aliphatic heterocycles. The van der Waals surface area contributed by atoms with Gasteiger partial charge < -0.3 is 19.2 Å². The van der Waals surface area contributed by atoms with E-state index in [1.165, 1.54) is 4.90 Å². The molecule has 2 heterocycles. The third-order valence-electron chi connectivity index (χ3n) is 2.97. The van der Waals surface area contributed by atoms with Gasteiger partial charge in [-0.3, -0.25) is 4.79 Å². The van der Waals surface area contributed by atoms with Crippen molar-refractivity contribution in [1.29, 1.82) is 0 Å². The number of nitrogens with zero attached hydrogens (tertiary/aromatic N) is 1. The number of hydrogen-bond acceptors (Lipinski definition) is 4. The van der Waals surface area contributed by atoms with E-state index in [0.29, 0.717) is 18.1 Å². The molecule has 1 fully saturated rings. The van der Waals surface area contributed by atoms with Crippen LogP contribution < -0.4 is 0 Å². The maximum Gasteiger partial charge on any atom is 0.335 e. The topological polar surface area (TPSA) is 80.0 Å². The Morgan fingerprint density at radius 1 is 1.56 bits per heavy atom. The number of carboxylic acids is 1. The van der Waals surface area contributed by atoms with E-state index in [1.54, 1.807) is 26.0 Å². The van der Waals surface area contributed by atoms with Crippen molar-refractivity contribution in [3.8, 4) is 0 Å². The van der Waals surface area contributed by atoms with Crippen LogP contribution in [-0.2, 0) is 14.3 Å². The molecule has 0 saturated carbocycles. The molecule has 0 aliphatic carbocycles. The molecule has 6 heteroatoms. The van der Waals surface area contributed by atoms with Crippen molar-refractivity contribution in [2.24, 2.45) is 0 Å². The Balaban J connectivity index is 2.39. The summed E-state index contributed by atoms with van der Waals surface area (Å²) >= 11 is 0. The SMILES string of the molecule is CCN1C(=O)COC(C(=O)O)C1c1ccc(C)o1. The average molecular weight is 253 g/mol. The zero-order valence-electron chi connectivity index (χ0n) is 10.3. The van der Waals surface area contributed by atoms with Crippen LogP contribution in [0.15, 0.2) is 16.5 Å². The molecule has 98 valence electrons. The van der Waals surface area contributed by atoms with Gasteiger partial charge in [0.25, 0.3) is 0 Å². The van der Waals surface area contributed by atoms with E-state index in [1.807, 2.05) is 0 Å². The van der Waals surface area contributed by atoms with Crippen molar-refractivity contribution in [2.75, 3.05) is 13.2 Å². The van der Waals surface area contributed by atoms with E-state index in [-0.39, 0.29) is 12.5 Å². The van der Waals surface area contributed by atoms with Crippen molar-refractivity contribution in [3.63, 3.8) is 0 Å². The lowest BCUT2D eigenvalue weighted by atomic mass is 10.0. The smallest absolute Gasteiger partial charge is 0.335 e. The van der Waals surface area contributed by atoms with Gasteiger partial charge in [-0.2, -0.15) is 0 Å². The fourth-order valence-electron chi connectivity index (χ4n) is 2.15. The first-order valence-corrected chi connectivity index (χ1v) is 5.74. The number of rotatable bonds is 3. The molecule has 2 rings (SSSR count). The van der Waals surface area contributed by atoms with Crippen LogP contribution in [0.5, 0.6) is 0 Å². The molecule has 1 aliphatic rings. The number of amides is 1. The van der Waals surface area contributed by atoms with Gasteiger partial charge in [0, 0.05) is 6.54 Å². The monoisotopic (exact) mass is 253 g/mol. The van der Waals surface area contributed by atoms with Gasteiger partial charge in [-0.15, -0.1) is 0 Å². The Labute approximate surface area is 104 Å². The van der Waals surface area contributed by atoms with Crippen LogP contribution in [0, 0.1) is 6.92 Å². The normalized spacial score (nSPS) is 24.3. The number of hydrogen-bond donors (Lipinski definition) is 1. The summed E-state index contributed by atoms with van der Waals surface area (Å²) in [5, 5.41) is 9.17. The molecule has 0 bridgehead atoms. The van der Waals surface area contributed by atoms with E-state index >= 15 is 0 Å². The van der Waals surface area contributed by atoms with Crippen molar-refractivity contribution in [1.82, 2.24) is 4.90 Å². The van der Waals surface area contributed by atoms with Crippen LogP contribution >= 0.6 is 0 Å². The Bertz CT molecular complexity index is 465. The van der Waals surface area contributed by atoms with E-state index in [0.717, 1.165) is 0 Å². The molecule has 0 aromatic carbocycles. The minimum Gasteiger partial charge on any atom is -0.479 e. The minimum atomic E-state index is -1.10. The summed E-state index contributed by atoms with van der Waals surface area (Å²) in [6.07, 6.45) is -1.09. The number of ether oxygens (including phenoxy) is 1. The van der Waals surface area contributed by atoms with Crippen LogP contribution in [-0.4, -0.2) is 41.1 Å². The van der Waals surface area contributed by atoms with E-state index < -0.39 is 18.1 Å². The molecular formula is C12H15NO5. The lowest BCUT2D eigenvalue weighted by Crippen LogP contribution is -2.51. The summed E-state index contributed by atoms with van der Waals surface area (Å²) in [7, 11) is 0. The number of carbonyl (C=O) groups is 2. The van der Waals surface area contributed by atoms with Crippen LogP contribution in [0.25, 0.3) is 0 Å². The lowest BCUT2D eigenvalue weighted by molar-refractivity contribution is -0.174. The fraction of sp³-hybridized carbons (Fsp3) is 0.500. The zero-order chi connectivity index (χ0) is 13.3. The number of likely N-dealkylation sites (N-methyl/N-ethyl adjacent to an activating group) is 1. The Hall–Kier alpha value is -1.82. The molecule has 1 aromatic heterocycles. The van der Waals surface area contributed by atoms with Crippen LogP contribution in [0.2, 0.25) is 0 Å². The molecule has 1 aromatic rings. The third kappa shape index (κ3) is 2.11. The van der Waals surface area contributed by atoms with Gasteiger partial charge in [0.05, 0.1) is 0 Å². The predicted molar refractivity (Wildman–Crippen MR) is 60.9 cm³/mol. The average Bonchev–Trinajstić information content (AvgIpc) is 2.74. The van der Waals surface area contributed by atoms with E-state index in [9.17, 15) is 14.7 Å². The van der Waals surface area contributed by atoms with E-state index in [4.69, 9.17) is 9.15 Å². The maximum absolute atomic E-state index is 11.8. The Morgan fingerprint density at radius 3 is 2.78 bits per heavy atom. The molecule has 1 N–H and O–H groups in total. The zero-order valence-corrected chi connectivity index (χ0v) is 10.3. The molecule has 2 atom stereocenters. The molecule has 18 heavy (non-hydrogen) atoms. The van der Waals surface area contributed by atoms with Gasteiger partial charge in [0.1, 0.15) is 24.2 Å². The Kier molecular flexibility index (Phi) is 3.38. The second kappa shape index (κ2) is 4.81. The van der Waals surface area contributed by atoms with Crippen molar-refractivity contribution < 1.29 is 23.8 Å². The van der Waals surface area contributed by atoms with Crippen molar-refractivity contribution >= 4 is 11.9 Å². The van der Waals surface area contributed by atoms with Gasteiger partial charge in [0.15, 0.2) is 6.10 Å². The largest absolute Gasteiger partial charge is 0.479 e. The first-order valence-electron chi connectivity index (χ1n) is 5.74. The van der Waals surface area contributed by atoms with Crippen LogP contribution in [0.1, 0.15) is 24.5 Å². The van der Waals surface area contributed by atoms with Crippen molar-refractivity contribution in [3.05, 3.63) is 23.7 Å². The molecular weight excluding hydrogens is 238 g/mol. The second-order valence-electron chi connectivity index (χ2n) is 4.14. The van der Waals surface area contributed by atoms with Crippen LogP contribution in [0.4, 0.5) is 0 Å². The standard InChI is InChI=1S/C12H15NO5/c1-3-13-9(14)6-17-11(12(15)16)10(13)8-5-4-7(2)18-8/h4-5,10-11H,3,6H2,1-2H3,(H,15,16). The van der Waals surface area contributed by atoms with Gasteiger partial charge in [-0.25, -0.2) is 4.79 Å². The molecule has 1 saturated heterocycles. The molecule has 6 nitrogen and oxygen atoms in total. The summed E-state index contributed by atoms with van der Waals surface area (Å²) in [4.78, 5) is 24.4. The fourth-order valence-corrected chi connectivity index (χ4v) is 2.15. The molecule has 0 radical (unpaired) electrons.